The average molecular weight is 486 g/mol. The molecule has 1 N–H and O–H groups in total. The van der Waals surface area contributed by atoms with Crippen molar-refractivity contribution in [1.29, 1.82) is 0 Å². The van der Waals surface area contributed by atoms with Crippen LogP contribution in [0.5, 0.6) is 5.88 Å². The third kappa shape index (κ3) is 5.04. The maximum Gasteiger partial charge on any atom is 0.213 e. The van der Waals surface area contributed by atoms with Crippen LogP contribution < -0.4 is 10.1 Å². The highest BCUT2D eigenvalue weighted by Crippen LogP contribution is 2.38. The van der Waals surface area contributed by atoms with Gasteiger partial charge in [-0.15, -0.1) is 24.0 Å². The van der Waals surface area contributed by atoms with E-state index in [4.69, 9.17) is 9.47 Å². The van der Waals surface area contributed by atoms with E-state index in [1.165, 1.54) is 31.2 Å². The largest absolute Gasteiger partial charge is 0.474 e. The molecule has 0 bridgehead atoms. The van der Waals surface area contributed by atoms with E-state index >= 15 is 0 Å². The molecule has 150 valence electrons. The van der Waals surface area contributed by atoms with Crippen LogP contribution >= 0.6 is 24.0 Å². The van der Waals surface area contributed by atoms with Gasteiger partial charge in [0.05, 0.1) is 6.61 Å². The first-order valence-corrected chi connectivity index (χ1v) is 9.91. The number of hydrogen-bond acceptors (Lipinski definition) is 4. The Morgan fingerprint density at radius 1 is 1.41 bits per heavy atom. The minimum absolute atomic E-state index is 0. The molecule has 7 heteroatoms. The van der Waals surface area contributed by atoms with Crippen LogP contribution in [0.2, 0.25) is 0 Å². The van der Waals surface area contributed by atoms with Gasteiger partial charge in [-0.3, -0.25) is 4.99 Å². The summed E-state index contributed by atoms with van der Waals surface area (Å²) in [7, 11) is 1.86. The van der Waals surface area contributed by atoms with E-state index in [1.54, 1.807) is 0 Å². The van der Waals surface area contributed by atoms with Crippen LogP contribution in [0.25, 0.3) is 0 Å². The van der Waals surface area contributed by atoms with Crippen molar-refractivity contribution in [2.75, 3.05) is 33.4 Å². The summed E-state index contributed by atoms with van der Waals surface area (Å²) in [5.41, 5.74) is 1.52. The van der Waals surface area contributed by atoms with Crippen molar-refractivity contribution < 1.29 is 9.47 Å². The van der Waals surface area contributed by atoms with Crippen molar-refractivity contribution in [3.8, 4) is 5.88 Å². The van der Waals surface area contributed by atoms with Gasteiger partial charge >= 0.3 is 0 Å². The van der Waals surface area contributed by atoms with Gasteiger partial charge in [0.2, 0.25) is 5.88 Å². The standard InChI is InChI=1S/C20H30N4O2.HI/c1-21-19(24-10-7-20(14-24)8-11-25-15-20)23-13-16-6-9-22-18(12-16)26-17-4-2-3-5-17;/h6,9,12,17H,2-5,7-8,10-11,13-15H2,1H3,(H,21,23);1H. The summed E-state index contributed by atoms with van der Waals surface area (Å²) in [4.78, 5) is 11.2. The Hall–Kier alpha value is -1.09. The van der Waals surface area contributed by atoms with E-state index in [0.717, 1.165) is 57.5 Å². The predicted octanol–water partition coefficient (Wildman–Crippen LogP) is 3.21. The number of nitrogens with zero attached hydrogens (tertiary/aromatic N) is 3. The lowest BCUT2D eigenvalue weighted by Gasteiger charge is -2.25. The topological polar surface area (TPSA) is 59.0 Å². The van der Waals surface area contributed by atoms with Crippen molar-refractivity contribution in [1.82, 2.24) is 15.2 Å². The van der Waals surface area contributed by atoms with Crippen molar-refractivity contribution in [2.24, 2.45) is 10.4 Å². The fraction of sp³-hybridized carbons (Fsp3) is 0.700. The summed E-state index contributed by atoms with van der Waals surface area (Å²) >= 11 is 0. The number of halogens is 1. The molecular weight excluding hydrogens is 455 g/mol. The lowest BCUT2D eigenvalue weighted by molar-refractivity contribution is 0.156. The molecule has 1 unspecified atom stereocenters. The van der Waals surface area contributed by atoms with Crippen LogP contribution in [-0.2, 0) is 11.3 Å². The second-order valence-corrected chi connectivity index (χ2v) is 7.90. The number of pyridine rings is 1. The molecule has 0 radical (unpaired) electrons. The Morgan fingerprint density at radius 3 is 3.00 bits per heavy atom. The van der Waals surface area contributed by atoms with Crippen LogP contribution in [0.4, 0.5) is 0 Å². The zero-order chi connectivity index (χ0) is 17.8. The summed E-state index contributed by atoms with van der Waals surface area (Å²) < 4.78 is 11.7. The van der Waals surface area contributed by atoms with E-state index in [1.807, 2.05) is 19.3 Å². The molecule has 3 heterocycles. The van der Waals surface area contributed by atoms with Crippen molar-refractivity contribution in [3.05, 3.63) is 23.9 Å². The van der Waals surface area contributed by atoms with Crippen molar-refractivity contribution in [3.63, 3.8) is 0 Å². The minimum Gasteiger partial charge on any atom is -0.474 e. The summed E-state index contributed by atoms with van der Waals surface area (Å²) in [6, 6.07) is 4.09. The van der Waals surface area contributed by atoms with Crippen molar-refractivity contribution in [2.45, 2.75) is 51.2 Å². The molecule has 1 atom stereocenters. The first-order valence-electron chi connectivity index (χ1n) is 9.91. The average Bonchev–Trinajstić information content (AvgIpc) is 3.40. The minimum atomic E-state index is 0. The van der Waals surface area contributed by atoms with Gasteiger partial charge < -0.3 is 19.7 Å². The number of guanidine groups is 1. The van der Waals surface area contributed by atoms with Gasteiger partial charge in [0.1, 0.15) is 6.10 Å². The highest BCUT2D eigenvalue weighted by Gasteiger charge is 2.42. The Bertz CT molecular complexity index is 643. The Morgan fingerprint density at radius 2 is 2.26 bits per heavy atom. The van der Waals surface area contributed by atoms with Crippen molar-refractivity contribution >= 4 is 29.9 Å². The lowest BCUT2D eigenvalue weighted by atomic mass is 9.87. The molecule has 1 aromatic heterocycles. The summed E-state index contributed by atoms with van der Waals surface area (Å²) in [6.45, 7) is 4.62. The quantitative estimate of drug-likeness (QED) is 0.403. The van der Waals surface area contributed by atoms with Gasteiger partial charge in [0, 0.05) is 51.0 Å². The number of aliphatic imine (C=N–C) groups is 1. The number of ether oxygens (including phenoxy) is 2. The predicted molar refractivity (Wildman–Crippen MR) is 117 cm³/mol. The van der Waals surface area contributed by atoms with Gasteiger partial charge in [0.15, 0.2) is 5.96 Å². The number of aromatic nitrogens is 1. The Balaban J connectivity index is 0.00000210. The Labute approximate surface area is 179 Å². The number of nitrogens with one attached hydrogen (secondary N) is 1. The molecule has 2 aliphatic heterocycles. The maximum absolute atomic E-state index is 6.02. The third-order valence-electron chi connectivity index (χ3n) is 5.97. The number of hydrogen-bond donors (Lipinski definition) is 1. The third-order valence-corrected chi connectivity index (χ3v) is 5.97. The van der Waals surface area contributed by atoms with E-state index in [9.17, 15) is 0 Å². The molecule has 0 amide bonds. The molecule has 1 aromatic rings. The molecule has 6 nitrogen and oxygen atoms in total. The highest BCUT2D eigenvalue weighted by atomic mass is 127. The first kappa shape index (κ1) is 20.6. The van der Waals surface area contributed by atoms with E-state index < -0.39 is 0 Å². The normalized spacial score (nSPS) is 25.8. The van der Waals surface area contributed by atoms with Crippen LogP contribution in [0.3, 0.4) is 0 Å². The molecule has 4 rings (SSSR count). The van der Waals surface area contributed by atoms with Gasteiger partial charge in [-0.25, -0.2) is 4.98 Å². The van der Waals surface area contributed by atoms with E-state index in [2.05, 4.69) is 26.3 Å². The molecular formula is C20H31IN4O2. The summed E-state index contributed by atoms with van der Waals surface area (Å²) in [5.74, 6) is 1.72. The van der Waals surface area contributed by atoms with Crippen LogP contribution in [0.1, 0.15) is 44.1 Å². The number of likely N-dealkylation sites (tertiary alicyclic amines) is 1. The van der Waals surface area contributed by atoms with E-state index in [0.29, 0.717) is 11.5 Å². The van der Waals surface area contributed by atoms with Gasteiger partial charge in [-0.1, -0.05) is 0 Å². The zero-order valence-corrected chi connectivity index (χ0v) is 18.5. The fourth-order valence-corrected chi connectivity index (χ4v) is 4.40. The molecule has 1 spiro atoms. The first-order chi connectivity index (χ1) is 12.8. The van der Waals surface area contributed by atoms with Gasteiger partial charge in [-0.05, 0) is 50.2 Å². The maximum atomic E-state index is 6.02. The zero-order valence-electron chi connectivity index (χ0n) is 16.2. The summed E-state index contributed by atoms with van der Waals surface area (Å²) in [6.07, 6.45) is 9.39. The molecule has 1 saturated carbocycles. The molecule has 3 aliphatic rings. The Kier molecular flexibility index (Phi) is 7.19. The molecule has 3 fully saturated rings. The molecule has 27 heavy (non-hydrogen) atoms. The van der Waals surface area contributed by atoms with E-state index in [-0.39, 0.29) is 24.0 Å². The number of rotatable bonds is 4. The van der Waals surface area contributed by atoms with Gasteiger partial charge in [-0.2, -0.15) is 0 Å². The fourth-order valence-electron chi connectivity index (χ4n) is 4.40. The molecule has 1 aliphatic carbocycles. The lowest BCUT2D eigenvalue weighted by Crippen LogP contribution is -2.41. The molecule has 0 aromatic carbocycles. The van der Waals surface area contributed by atoms with Crippen LogP contribution in [0, 0.1) is 5.41 Å². The van der Waals surface area contributed by atoms with Crippen LogP contribution in [-0.4, -0.2) is 55.3 Å². The smallest absolute Gasteiger partial charge is 0.213 e. The second-order valence-electron chi connectivity index (χ2n) is 7.90. The second kappa shape index (κ2) is 9.41. The molecule has 2 saturated heterocycles. The summed E-state index contributed by atoms with van der Waals surface area (Å²) in [5, 5.41) is 3.51. The van der Waals surface area contributed by atoms with Gasteiger partial charge in [0.25, 0.3) is 0 Å². The monoisotopic (exact) mass is 486 g/mol. The van der Waals surface area contributed by atoms with Crippen LogP contribution in [0.15, 0.2) is 23.3 Å². The highest BCUT2D eigenvalue weighted by molar-refractivity contribution is 14.0. The SMILES string of the molecule is CN=C(NCc1ccnc(OC2CCCC2)c1)N1CCC2(CCOC2)C1.I.